The van der Waals surface area contributed by atoms with Gasteiger partial charge in [0.05, 0.1) is 0 Å². The molecule has 0 fully saturated rings. The number of aliphatic hydroxyl groups excluding tert-OH is 1. The van der Waals surface area contributed by atoms with E-state index in [2.05, 4.69) is 4.98 Å². The second kappa shape index (κ2) is 4.77. The van der Waals surface area contributed by atoms with Crippen LogP contribution in [-0.2, 0) is 6.42 Å². The number of nitrogen functional groups attached to an aromatic ring is 1. The number of hydrogen-bond donors (Lipinski definition) is 2. The maximum atomic E-state index is 8.82. The monoisotopic (exact) mass is 214 g/mol. The predicted octanol–water partition coefficient (Wildman–Crippen LogP) is 1.87. The molecule has 1 heterocycles. The Morgan fingerprint density at radius 3 is 2.50 bits per heavy atom. The molecular weight excluding hydrogens is 200 g/mol. The number of rotatable bonds is 3. The Balaban J connectivity index is 2.31. The second-order valence-corrected chi connectivity index (χ2v) is 3.63. The van der Waals surface area contributed by atoms with E-state index in [1.165, 1.54) is 0 Å². The predicted molar refractivity (Wildman–Crippen MR) is 64.9 cm³/mol. The number of nitrogens with zero attached hydrogens (tertiary/aromatic N) is 1. The summed E-state index contributed by atoms with van der Waals surface area (Å²) in [6.07, 6.45) is 4.12. The lowest BCUT2D eigenvalue weighted by atomic mass is 10.0. The van der Waals surface area contributed by atoms with Crippen LogP contribution in [0, 0.1) is 0 Å². The number of aromatic nitrogens is 1. The van der Waals surface area contributed by atoms with Crippen LogP contribution < -0.4 is 5.73 Å². The number of nitrogens with two attached hydrogens (primary N) is 1. The van der Waals surface area contributed by atoms with Gasteiger partial charge in [0.25, 0.3) is 0 Å². The van der Waals surface area contributed by atoms with E-state index in [4.69, 9.17) is 10.8 Å². The number of pyridine rings is 1. The van der Waals surface area contributed by atoms with Gasteiger partial charge in [-0.15, -0.1) is 0 Å². The summed E-state index contributed by atoms with van der Waals surface area (Å²) in [5.74, 6) is 0. The lowest BCUT2D eigenvalue weighted by Crippen LogP contribution is -1.92. The number of aliphatic hydroxyl groups is 1. The molecule has 0 bridgehead atoms. The van der Waals surface area contributed by atoms with Crippen LogP contribution in [-0.4, -0.2) is 16.7 Å². The minimum Gasteiger partial charge on any atom is -0.398 e. The summed E-state index contributed by atoms with van der Waals surface area (Å²) in [5.41, 5.74) is 9.71. The SMILES string of the molecule is Nc1ccncc1-c1ccc(CCO)cc1. The topological polar surface area (TPSA) is 59.1 Å². The molecule has 0 unspecified atom stereocenters. The average Bonchev–Trinajstić information content (AvgIpc) is 2.31. The van der Waals surface area contributed by atoms with Gasteiger partial charge in [-0.2, -0.15) is 0 Å². The Labute approximate surface area is 94.6 Å². The molecule has 0 saturated carbocycles. The fraction of sp³-hybridized carbons (Fsp3) is 0.154. The van der Waals surface area contributed by atoms with Crippen molar-refractivity contribution in [3.8, 4) is 11.1 Å². The summed E-state index contributed by atoms with van der Waals surface area (Å²) >= 11 is 0. The highest BCUT2D eigenvalue weighted by atomic mass is 16.2. The van der Waals surface area contributed by atoms with Crippen molar-refractivity contribution in [2.75, 3.05) is 12.3 Å². The van der Waals surface area contributed by atoms with E-state index >= 15 is 0 Å². The molecule has 0 aliphatic rings. The van der Waals surface area contributed by atoms with Gasteiger partial charge in [-0.25, -0.2) is 0 Å². The third kappa shape index (κ3) is 2.20. The number of benzene rings is 1. The van der Waals surface area contributed by atoms with E-state index in [1.807, 2.05) is 24.3 Å². The molecular formula is C13H14N2O. The minimum atomic E-state index is 0.175. The molecule has 0 saturated heterocycles. The van der Waals surface area contributed by atoms with Gasteiger partial charge in [0, 0.05) is 30.3 Å². The van der Waals surface area contributed by atoms with Crippen LogP contribution in [0.3, 0.4) is 0 Å². The molecule has 3 N–H and O–H groups in total. The van der Waals surface area contributed by atoms with Gasteiger partial charge in [-0.3, -0.25) is 4.98 Å². The molecule has 1 aromatic heterocycles. The molecule has 0 atom stereocenters. The largest absolute Gasteiger partial charge is 0.398 e. The molecule has 0 aliphatic heterocycles. The first-order valence-electron chi connectivity index (χ1n) is 5.21. The summed E-state index contributed by atoms with van der Waals surface area (Å²) in [5, 5.41) is 8.82. The van der Waals surface area contributed by atoms with Crippen molar-refractivity contribution in [1.29, 1.82) is 0 Å². The molecule has 0 aliphatic carbocycles. The molecule has 0 spiro atoms. The standard InChI is InChI=1S/C13H14N2O/c14-13-5-7-15-9-12(13)11-3-1-10(2-4-11)6-8-16/h1-5,7,9,16H,6,8H2,(H2,14,15). The van der Waals surface area contributed by atoms with Crippen LogP contribution >= 0.6 is 0 Å². The molecule has 0 radical (unpaired) electrons. The smallest absolute Gasteiger partial charge is 0.0471 e. The highest BCUT2D eigenvalue weighted by Gasteiger charge is 2.01. The normalized spacial score (nSPS) is 10.3. The van der Waals surface area contributed by atoms with Crippen LogP contribution in [0.5, 0.6) is 0 Å². The van der Waals surface area contributed by atoms with Crippen molar-refractivity contribution in [3.63, 3.8) is 0 Å². The first-order chi connectivity index (χ1) is 7.81. The highest BCUT2D eigenvalue weighted by Crippen LogP contribution is 2.24. The summed E-state index contributed by atoms with van der Waals surface area (Å²) in [6, 6.07) is 9.78. The van der Waals surface area contributed by atoms with Gasteiger partial charge in [0.15, 0.2) is 0 Å². The van der Waals surface area contributed by atoms with E-state index in [0.29, 0.717) is 6.42 Å². The minimum absolute atomic E-state index is 0.175. The van der Waals surface area contributed by atoms with Crippen molar-refractivity contribution >= 4 is 5.69 Å². The fourth-order valence-electron chi connectivity index (χ4n) is 1.63. The van der Waals surface area contributed by atoms with Crippen molar-refractivity contribution in [2.24, 2.45) is 0 Å². The van der Waals surface area contributed by atoms with E-state index in [-0.39, 0.29) is 6.61 Å². The fourth-order valence-corrected chi connectivity index (χ4v) is 1.63. The average molecular weight is 214 g/mol. The van der Waals surface area contributed by atoms with E-state index in [1.54, 1.807) is 18.5 Å². The van der Waals surface area contributed by atoms with Crippen LogP contribution in [0.25, 0.3) is 11.1 Å². The first kappa shape index (κ1) is 10.6. The summed E-state index contributed by atoms with van der Waals surface area (Å²) < 4.78 is 0. The number of anilines is 1. The van der Waals surface area contributed by atoms with Crippen molar-refractivity contribution in [2.45, 2.75) is 6.42 Å². The molecule has 0 amide bonds. The van der Waals surface area contributed by atoms with Crippen molar-refractivity contribution < 1.29 is 5.11 Å². The zero-order valence-electron chi connectivity index (χ0n) is 8.93. The Morgan fingerprint density at radius 1 is 1.12 bits per heavy atom. The van der Waals surface area contributed by atoms with Crippen LogP contribution in [0.4, 0.5) is 5.69 Å². The highest BCUT2D eigenvalue weighted by molar-refractivity contribution is 5.75. The van der Waals surface area contributed by atoms with Gasteiger partial charge in [-0.1, -0.05) is 24.3 Å². The second-order valence-electron chi connectivity index (χ2n) is 3.63. The van der Waals surface area contributed by atoms with E-state index in [0.717, 1.165) is 22.4 Å². The Bertz CT molecular complexity index is 466. The molecule has 82 valence electrons. The maximum absolute atomic E-state index is 8.82. The van der Waals surface area contributed by atoms with Crippen molar-refractivity contribution in [1.82, 2.24) is 4.98 Å². The van der Waals surface area contributed by atoms with Gasteiger partial charge in [-0.05, 0) is 23.6 Å². The zero-order valence-corrected chi connectivity index (χ0v) is 8.93. The molecule has 3 heteroatoms. The van der Waals surface area contributed by atoms with Gasteiger partial charge in [0.2, 0.25) is 0 Å². The Kier molecular flexibility index (Phi) is 3.17. The summed E-state index contributed by atoms with van der Waals surface area (Å²) in [4.78, 5) is 4.06. The third-order valence-electron chi connectivity index (χ3n) is 2.52. The molecule has 2 aromatic rings. The first-order valence-corrected chi connectivity index (χ1v) is 5.21. The van der Waals surface area contributed by atoms with E-state index in [9.17, 15) is 0 Å². The zero-order chi connectivity index (χ0) is 11.4. The lowest BCUT2D eigenvalue weighted by Gasteiger charge is -2.05. The lowest BCUT2D eigenvalue weighted by molar-refractivity contribution is 0.299. The molecule has 1 aromatic carbocycles. The maximum Gasteiger partial charge on any atom is 0.0471 e. The van der Waals surface area contributed by atoms with Crippen LogP contribution in [0.1, 0.15) is 5.56 Å². The van der Waals surface area contributed by atoms with Gasteiger partial charge >= 0.3 is 0 Å². The van der Waals surface area contributed by atoms with E-state index < -0.39 is 0 Å². The number of hydrogen-bond acceptors (Lipinski definition) is 3. The quantitative estimate of drug-likeness (QED) is 0.820. The summed E-state index contributed by atoms with van der Waals surface area (Å²) in [6.45, 7) is 0.175. The molecule has 16 heavy (non-hydrogen) atoms. The summed E-state index contributed by atoms with van der Waals surface area (Å²) in [7, 11) is 0. The van der Waals surface area contributed by atoms with Gasteiger partial charge < -0.3 is 10.8 Å². The molecule has 3 nitrogen and oxygen atoms in total. The Hall–Kier alpha value is -1.87. The Morgan fingerprint density at radius 2 is 1.88 bits per heavy atom. The van der Waals surface area contributed by atoms with Crippen LogP contribution in [0.15, 0.2) is 42.7 Å². The third-order valence-corrected chi connectivity index (χ3v) is 2.52. The molecule has 2 rings (SSSR count). The van der Waals surface area contributed by atoms with Crippen LogP contribution in [0.2, 0.25) is 0 Å². The van der Waals surface area contributed by atoms with Gasteiger partial charge in [0.1, 0.15) is 0 Å². The van der Waals surface area contributed by atoms with Crippen molar-refractivity contribution in [3.05, 3.63) is 48.3 Å².